The third kappa shape index (κ3) is 2.15. The van der Waals surface area contributed by atoms with Crippen molar-refractivity contribution in [3.63, 3.8) is 0 Å². The van der Waals surface area contributed by atoms with Gasteiger partial charge in [0.15, 0.2) is 5.76 Å². The Balaban J connectivity index is 2.19. The van der Waals surface area contributed by atoms with E-state index in [1.165, 1.54) is 14.2 Å². The van der Waals surface area contributed by atoms with Gasteiger partial charge < -0.3 is 18.8 Å². The van der Waals surface area contributed by atoms with E-state index in [9.17, 15) is 4.79 Å². The third-order valence-corrected chi connectivity index (χ3v) is 2.27. The van der Waals surface area contributed by atoms with Gasteiger partial charge in [0, 0.05) is 18.9 Å². The predicted molar refractivity (Wildman–Crippen MR) is 57.4 cm³/mol. The lowest BCUT2D eigenvalue weighted by atomic mass is 10.3. The Kier molecular flexibility index (Phi) is 3.13. The number of rotatable bonds is 4. The van der Waals surface area contributed by atoms with Crippen molar-refractivity contribution < 1.29 is 19.0 Å². The number of allylic oxidation sites excluding steroid dienone is 1. The van der Waals surface area contributed by atoms with Crippen LogP contribution in [0.2, 0.25) is 0 Å². The van der Waals surface area contributed by atoms with Crippen molar-refractivity contribution in [2.24, 2.45) is 0 Å². The molecule has 1 aromatic rings. The first kappa shape index (κ1) is 11.3. The number of imidazole rings is 1. The molecule has 0 radical (unpaired) electrons. The van der Waals surface area contributed by atoms with E-state index < -0.39 is 5.97 Å². The highest BCUT2D eigenvalue weighted by Crippen LogP contribution is 2.26. The summed E-state index contributed by atoms with van der Waals surface area (Å²) >= 11 is 0. The molecule has 2 heterocycles. The molecule has 0 N–H and O–H groups in total. The number of carbonyl (C=O) groups excluding carboxylic acids is 1. The maximum Gasteiger partial charge on any atom is 0.383 e. The van der Waals surface area contributed by atoms with Gasteiger partial charge in [-0.15, -0.1) is 0 Å². The van der Waals surface area contributed by atoms with Crippen LogP contribution in [0.4, 0.5) is 0 Å². The molecule has 0 saturated heterocycles. The van der Waals surface area contributed by atoms with Gasteiger partial charge >= 0.3 is 5.97 Å². The van der Waals surface area contributed by atoms with E-state index in [0.29, 0.717) is 18.1 Å². The monoisotopic (exact) mass is 236 g/mol. The summed E-state index contributed by atoms with van der Waals surface area (Å²) in [5, 5.41) is 0. The van der Waals surface area contributed by atoms with Crippen LogP contribution < -0.4 is 0 Å². The first-order valence-electron chi connectivity index (χ1n) is 4.97. The average molecular weight is 236 g/mol. The molecule has 0 fully saturated rings. The van der Waals surface area contributed by atoms with Gasteiger partial charge in [0.05, 0.1) is 20.5 Å². The van der Waals surface area contributed by atoms with Crippen LogP contribution >= 0.6 is 0 Å². The van der Waals surface area contributed by atoms with Gasteiger partial charge in [-0.2, -0.15) is 0 Å². The third-order valence-electron chi connectivity index (χ3n) is 2.27. The van der Waals surface area contributed by atoms with E-state index >= 15 is 0 Å². The number of ether oxygens (including phenoxy) is 3. The summed E-state index contributed by atoms with van der Waals surface area (Å²) in [6, 6.07) is 0. The van der Waals surface area contributed by atoms with Crippen LogP contribution in [0.25, 0.3) is 0 Å². The molecule has 0 bridgehead atoms. The van der Waals surface area contributed by atoms with Crippen molar-refractivity contribution in [1.29, 1.82) is 0 Å². The number of nitrogens with zero attached hydrogens (tertiary/aromatic N) is 2. The van der Waals surface area contributed by atoms with Crippen LogP contribution in [0.1, 0.15) is 0 Å². The van der Waals surface area contributed by atoms with E-state index in [1.54, 1.807) is 24.8 Å². The van der Waals surface area contributed by atoms with Crippen LogP contribution in [0.15, 0.2) is 42.1 Å². The molecule has 0 aromatic carbocycles. The summed E-state index contributed by atoms with van der Waals surface area (Å²) in [4.78, 5) is 15.3. The quantitative estimate of drug-likeness (QED) is 0.724. The van der Waals surface area contributed by atoms with E-state index in [2.05, 4.69) is 4.98 Å². The molecule has 0 spiro atoms. The zero-order valence-electron chi connectivity index (χ0n) is 9.54. The van der Waals surface area contributed by atoms with E-state index in [-0.39, 0.29) is 5.76 Å². The predicted octanol–water partition coefficient (Wildman–Crippen LogP) is 0.828. The highest BCUT2D eigenvalue weighted by atomic mass is 16.6. The molecular formula is C11H12N2O4. The summed E-state index contributed by atoms with van der Waals surface area (Å²) < 4.78 is 16.9. The highest BCUT2D eigenvalue weighted by molar-refractivity contribution is 5.91. The van der Waals surface area contributed by atoms with Crippen molar-refractivity contribution in [3.8, 4) is 0 Å². The van der Waals surface area contributed by atoms with Crippen LogP contribution in [0.3, 0.4) is 0 Å². The Hall–Kier alpha value is -2.24. The summed E-state index contributed by atoms with van der Waals surface area (Å²) in [6.07, 6.45) is 6.87. The second-order valence-corrected chi connectivity index (χ2v) is 3.28. The molecule has 0 atom stereocenters. The molecule has 17 heavy (non-hydrogen) atoms. The van der Waals surface area contributed by atoms with Crippen molar-refractivity contribution in [2.45, 2.75) is 6.54 Å². The second-order valence-electron chi connectivity index (χ2n) is 3.28. The lowest BCUT2D eigenvalue weighted by Crippen LogP contribution is -2.00. The molecule has 2 rings (SSSR count). The molecule has 6 heteroatoms. The number of cyclic esters (lactones) is 1. The van der Waals surface area contributed by atoms with Crippen LogP contribution in [0.5, 0.6) is 0 Å². The minimum absolute atomic E-state index is 0.0874. The van der Waals surface area contributed by atoms with Gasteiger partial charge in [0.2, 0.25) is 5.76 Å². The Morgan fingerprint density at radius 3 is 2.76 bits per heavy atom. The van der Waals surface area contributed by atoms with Crippen molar-refractivity contribution in [2.75, 3.05) is 14.2 Å². The van der Waals surface area contributed by atoms with E-state index in [4.69, 9.17) is 14.2 Å². The zero-order chi connectivity index (χ0) is 12.3. The molecule has 1 aromatic heterocycles. The maximum atomic E-state index is 11.4. The van der Waals surface area contributed by atoms with Gasteiger partial charge in [-0.25, -0.2) is 9.78 Å². The van der Waals surface area contributed by atoms with Crippen LogP contribution in [-0.2, 0) is 25.5 Å². The summed E-state index contributed by atoms with van der Waals surface area (Å²) in [7, 11) is 2.86. The first-order valence-corrected chi connectivity index (χ1v) is 4.97. The molecule has 0 unspecified atom stereocenters. The number of esters is 1. The Labute approximate surface area is 98.1 Å². The highest BCUT2D eigenvalue weighted by Gasteiger charge is 2.32. The second kappa shape index (κ2) is 4.73. The summed E-state index contributed by atoms with van der Waals surface area (Å²) in [5.74, 6) is 0.228. The van der Waals surface area contributed by atoms with Crippen LogP contribution in [0, 0.1) is 0 Å². The van der Waals surface area contributed by atoms with Gasteiger partial charge in [0.1, 0.15) is 0 Å². The fraction of sp³-hybridized carbons (Fsp3) is 0.273. The summed E-state index contributed by atoms with van der Waals surface area (Å²) in [5.41, 5.74) is 0. The standard InChI is InChI=1S/C11H12N2O4/c1-15-9-8(17-11(14)10(9)16-2)3-5-13-6-4-12-7-13/h3-4,6-7H,5H2,1-2H3/b8-3-. The molecule has 0 aliphatic carbocycles. The number of hydrogen-bond acceptors (Lipinski definition) is 5. The number of hydrogen-bond donors (Lipinski definition) is 0. The van der Waals surface area contributed by atoms with Crippen molar-refractivity contribution in [1.82, 2.24) is 9.55 Å². The van der Waals surface area contributed by atoms with Crippen LogP contribution in [-0.4, -0.2) is 29.7 Å². The minimum Gasteiger partial charge on any atom is -0.490 e. The van der Waals surface area contributed by atoms with Gasteiger partial charge in [-0.05, 0) is 6.08 Å². The topological polar surface area (TPSA) is 62.6 Å². The fourth-order valence-corrected chi connectivity index (χ4v) is 1.48. The molecule has 0 amide bonds. The van der Waals surface area contributed by atoms with Gasteiger partial charge in [-0.3, -0.25) is 0 Å². The summed E-state index contributed by atoms with van der Waals surface area (Å²) in [6.45, 7) is 0.534. The Bertz CT molecular complexity index is 474. The Morgan fingerprint density at radius 1 is 1.41 bits per heavy atom. The number of carbonyl (C=O) groups is 1. The van der Waals surface area contributed by atoms with Crippen molar-refractivity contribution >= 4 is 5.97 Å². The largest absolute Gasteiger partial charge is 0.490 e. The molecule has 1 aliphatic rings. The normalized spacial score (nSPS) is 17.5. The number of aromatic nitrogens is 2. The lowest BCUT2D eigenvalue weighted by molar-refractivity contribution is -0.136. The van der Waals surface area contributed by atoms with Gasteiger partial charge in [-0.1, -0.05) is 0 Å². The zero-order valence-corrected chi connectivity index (χ0v) is 9.54. The molecular weight excluding hydrogens is 224 g/mol. The molecule has 6 nitrogen and oxygen atoms in total. The molecule has 90 valence electrons. The minimum atomic E-state index is -0.541. The average Bonchev–Trinajstić information content (AvgIpc) is 2.93. The Morgan fingerprint density at radius 2 is 2.18 bits per heavy atom. The maximum absolute atomic E-state index is 11.4. The number of methoxy groups -OCH3 is 2. The molecule has 0 saturated carbocycles. The SMILES string of the molecule is COC1=C(OC)/C(=C/Cn2ccnc2)OC1=O. The first-order chi connectivity index (χ1) is 8.26. The molecule has 1 aliphatic heterocycles. The van der Waals surface area contributed by atoms with E-state index in [1.807, 2.05) is 4.57 Å². The van der Waals surface area contributed by atoms with Crippen molar-refractivity contribution in [3.05, 3.63) is 42.1 Å². The van der Waals surface area contributed by atoms with Gasteiger partial charge in [0.25, 0.3) is 5.76 Å². The lowest BCUT2D eigenvalue weighted by Gasteiger charge is -2.02. The smallest absolute Gasteiger partial charge is 0.383 e. The fourth-order valence-electron chi connectivity index (χ4n) is 1.48. The van der Waals surface area contributed by atoms with E-state index in [0.717, 1.165) is 0 Å².